The Labute approximate surface area is 118 Å². The summed E-state index contributed by atoms with van der Waals surface area (Å²) in [6, 6.07) is 8.52. The molecule has 1 saturated carbocycles. The van der Waals surface area contributed by atoms with Gasteiger partial charge in [-0.3, -0.25) is 0 Å². The Morgan fingerprint density at radius 1 is 1.28 bits per heavy atom. The summed E-state index contributed by atoms with van der Waals surface area (Å²) in [6.45, 7) is 4.66. The van der Waals surface area contributed by atoms with Crippen LogP contribution in [0.4, 0.5) is 5.69 Å². The number of nitrogens with one attached hydrogen (secondary N) is 1. The van der Waals surface area contributed by atoms with Crippen molar-refractivity contribution < 1.29 is 0 Å². The van der Waals surface area contributed by atoms with Crippen molar-refractivity contribution in [2.45, 2.75) is 39.2 Å². The van der Waals surface area contributed by atoms with Crippen molar-refractivity contribution in [2.24, 2.45) is 11.8 Å². The van der Waals surface area contributed by atoms with Crippen molar-refractivity contribution in [3.05, 3.63) is 28.2 Å². The van der Waals surface area contributed by atoms with Crippen molar-refractivity contribution in [3.8, 4) is 6.07 Å². The van der Waals surface area contributed by atoms with Gasteiger partial charge in [-0.1, -0.05) is 29.8 Å². The highest BCUT2D eigenvalue weighted by Gasteiger charge is 2.24. The van der Waals surface area contributed by atoms with Gasteiger partial charge in [0.25, 0.3) is 0 Å². The van der Waals surface area contributed by atoms with Gasteiger partial charge in [0.1, 0.15) is 6.07 Å². The first-order valence-corrected chi connectivity index (χ1v) is 7.35. The van der Waals surface area contributed by atoms with Crippen LogP contribution in [0.5, 0.6) is 0 Å². The standard InChI is InChI=1S/C15H19BrN2/c1-10-3-6-14(7-11(10)2)18-15-8-13(16)5-4-12(15)9-17/h4-5,8,10-11,14,18H,3,6-7H2,1-2H3. The minimum Gasteiger partial charge on any atom is -0.381 e. The maximum absolute atomic E-state index is 9.13. The molecule has 1 aliphatic rings. The summed E-state index contributed by atoms with van der Waals surface area (Å²) in [5.41, 5.74) is 1.68. The molecule has 1 N–H and O–H groups in total. The molecular weight excluding hydrogens is 288 g/mol. The number of halogens is 1. The predicted octanol–water partition coefficient (Wildman–Crippen LogP) is 4.56. The molecule has 0 spiro atoms. The molecule has 1 aromatic rings. The summed E-state index contributed by atoms with van der Waals surface area (Å²) >= 11 is 3.46. The number of hydrogen-bond acceptors (Lipinski definition) is 2. The van der Waals surface area contributed by atoms with Gasteiger partial charge in [-0.15, -0.1) is 0 Å². The molecule has 0 aromatic heterocycles. The monoisotopic (exact) mass is 306 g/mol. The number of rotatable bonds is 2. The van der Waals surface area contributed by atoms with Gasteiger partial charge in [-0.05, 0) is 49.3 Å². The van der Waals surface area contributed by atoms with Crippen LogP contribution in [0.15, 0.2) is 22.7 Å². The molecule has 0 bridgehead atoms. The van der Waals surface area contributed by atoms with E-state index in [1.807, 2.05) is 18.2 Å². The third kappa shape index (κ3) is 3.05. The van der Waals surface area contributed by atoms with E-state index in [0.29, 0.717) is 6.04 Å². The lowest BCUT2D eigenvalue weighted by Crippen LogP contribution is -2.30. The van der Waals surface area contributed by atoms with Crippen LogP contribution in [-0.2, 0) is 0 Å². The Morgan fingerprint density at radius 2 is 2.06 bits per heavy atom. The Bertz CT molecular complexity index is 464. The van der Waals surface area contributed by atoms with Crippen molar-refractivity contribution in [1.82, 2.24) is 0 Å². The van der Waals surface area contributed by atoms with Crippen LogP contribution in [0, 0.1) is 23.2 Å². The molecule has 3 unspecified atom stereocenters. The first kappa shape index (κ1) is 13.4. The average Bonchev–Trinajstić information content (AvgIpc) is 2.34. The quantitative estimate of drug-likeness (QED) is 0.869. The van der Waals surface area contributed by atoms with Crippen LogP contribution in [0.3, 0.4) is 0 Å². The molecule has 0 aliphatic heterocycles. The molecule has 1 aliphatic carbocycles. The molecule has 2 rings (SSSR count). The van der Waals surface area contributed by atoms with Gasteiger partial charge in [0.2, 0.25) is 0 Å². The highest BCUT2D eigenvalue weighted by Crippen LogP contribution is 2.32. The average molecular weight is 307 g/mol. The number of benzene rings is 1. The summed E-state index contributed by atoms with van der Waals surface area (Å²) < 4.78 is 1.02. The van der Waals surface area contributed by atoms with Crippen LogP contribution < -0.4 is 5.32 Å². The molecule has 0 heterocycles. The van der Waals surface area contributed by atoms with E-state index < -0.39 is 0 Å². The fourth-order valence-electron chi connectivity index (χ4n) is 2.63. The summed E-state index contributed by atoms with van der Waals surface area (Å²) in [7, 11) is 0. The Hall–Kier alpha value is -1.01. The maximum atomic E-state index is 9.13. The van der Waals surface area contributed by atoms with Gasteiger partial charge in [0, 0.05) is 10.5 Å². The molecule has 2 nitrogen and oxygen atoms in total. The zero-order valence-electron chi connectivity index (χ0n) is 10.9. The minimum atomic E-state index is 0.498. The third-order valence-corrected chi connectivity index (χ3v) is 4.55. The first-order valence-electron chi connectivity index (χ1n) is 6.56. The van der Waals surface area contributed by atoms with E-state index in [1.165, 1.54) is 19.3 Å². The van der Waals surface area contributed by atoms with Crippen LogP contribution in [0.1, 0.15) is 38.7 Å². The summed E-state index contributed by atoms with van der Waals surface area (Å²) in [5.74, 6) is 1.58. The molecular formula is C15H19BrN2. The molecule has 96 valence electrons. The molecule has 18 heavy (non-hydrogen) atoms. The molecule has 1 fully saturated rings. The minimum absolute atomic E-state index is 0.498. The van der Waals surface area contributed by atoms with E-state index >= 15 is 0 Å². The fraction of sp³-hybridized carbons (Fsp3) is 0.533. The van der Waals surface area contributed by atoms with Gasteiger partial charge in [-0.2, -0.15) is 5.26 Å². The highest BCUT2D eigenvalue weighted by molar-refractivity contribution is 9.10. The van der Waals surface area contributed by atoms with Crippen LogP contribution in [0.2, 0.25) is 0 Å². The second-order valence-electron chi connectivity index (χ2n) is 5.41. The van der Waals surface area contributed by atoms with Crippen LogP contribution >= 0.6 is 15.9 Å². The number of hydrogen-bond donors (Lipinski definition) is 1. The normalized spacial score (nSPS) is 27.6. The SMILES string of the molecule is CC1CCC(Nc2cc(Br)ccc2C#N)CC1C. The predicted molar refractivity (Wildman–Crippen MR) is 78.4 cm³/mol. The van der Waals surface area contributed by atoms with E-state index in [-0.39, 0.29) is 0 Å². The van der Waals surface area contributed by atoms with E-state index in [4.69, 9.17) is 5.26 Å². The number of nitrogens with zero attached hydrogens (tertiary/aromatic N) is 1. The highest BCUT2D eigenvalue weighted by atomic mass is 79.9. The fourth-order valence-corrected chi connectivity index (χ4v) is 2.99. The Kier molecular flexibility index (Phi) is 4.29. The van der Waals surface area contributed by atoms with Gasteiger partial charge >= 0.3 is 0 Å². The third-order valence-electron chi connectivity index (χ3n) is 4.06. The van der Waals surface area contributed by atoms with Crippen LogP contribution in [-0.4, -0.2) is 6.04 Å². The zero-order valence-corrected chi connectivity index (χ0v) is 12.5. The zero-order chi connectivity index (χ0) is 13.1. The Morgan fingerprint density at radius 3 is 2.72 bits per heavy atom. The summed E-state index contributed by atoms with van der Waals surface area (Å²) in [6.07, 6.45) is 3.66. The smallest absolute Gasteiger partial charge is 0.101 e. The van der Waals surface area contributed by atoms with E-state index in [1.54, 1.807) is 0 Å². The second kappa shape index (κ2) is 5.75. The van der Waals surface area contributed by atoms with Crippen LogP contribution in [0.25, 0.3) is 0 Å². The summed E-state index contributed by atoms with van der Waals surface area (Å²) in [5, 5.41) is 12.7. The van der Waals surface area contributed by atoms with Gasteiger partial charge in [0.05, 0.1) is 11.3 Å². The maximum Gasteiger partial charge on any atom is 0.101 e. The largest absolute Gasteiger partial charge is 0.381 e. The molecule has 1 aromatic carbocycles. The Balaban J connectivity index is 2.10. The van der Waals surface area contributed by atoms with Crippen molar-refractivity contribution in [1.29, 1.82) is 5.26 Å². The van der Waals surface area contributed by atoms with Gasteiger partial charge in [-0.25, -0.2) is 0 Å². The topological polar surface area (TPSA) is 35.8 Å². The molecule has 3 heteroatoms. The van der Waals surface area contributed by atoms with Gasteiger partial charge < -0.3 is 5.32 Å². The van der Waals surface area contributed by atoms with Crippen molar-refractivity contribution in [3.63, 3.8) is 0 Å². The molecule has 0 amide bonds. The lowest BCUT2D eigenvalue weighted by Gasteiger charge is -2.33. The molecule has 0 radical (unpaired) electrons. The second-order valence-corrected chi connectivity index (χ2v) is 6.33. The lowest BCUT2D eigenvalue weighted by molar-refractivity contribution is 0.261. The summed E-state index contributed by atoms with van der Waals surface area (Å²) in [4.78, 5) is 0. The van der Waals surface area contributed by atoms with E-state index in [9.17, 15) is 0 Å². The van der Waals surface area contributed by atoms with Gasteiger partial charge in [0.15, 0.2) is 0 Å². The number of nitriles is 1. The molecule has 0 saturated heterocycles. The molecule has 3 atom stereocenters. The van der Waals surface area contributed by atoms with Crippen molar-refractivity contribution in [2.75, 3.05) is 5.32 Å². The van der Waals surface area contributed by atoms with E-state index in [0.717, 1.165) is 27.6 Å². The number of anilines is 1. The first-order chi connectivity index (χ1) is 8.60. The van der Waals surface area contributed by atoms with E-state index in [2.05, 4.69) is 41.2 Å². The lowest BCUT2D eigenvalue weighted by atomic mass is 9.79. The van der Waals surface area contributed by atoms with Crippen molar-refractivity contribution >= 4 is 21.6 Å².